The van der Waals surface area contributed by atoms with Gasteiger partial charge in [-0.2, -0.15) is 5.10 Å². The van der Waals surface area contributed by atoms with Gasteiger partial charge in [0.25, 0.3) is 0 Å². The Morgan fingerprint density at radius 1 is 1.46 bits per heavy atom. The van der Waals surface area contributed by atoms with E-state index in [4.69, 9.17) is 11.6 Å². The predicted octanol–water partition coefficient (Wildman–Crippen LogP) is 2.23. The van der Waals surface area contributed by atoms with Gasteiger partial charge in [0.2, 0.25) is 0 Å². The van der Waals surface area contributed by atoms with E-state index in [0.29, 0.717) is 5.15 Å². The van der Waals surface area contributed by atoms with E-state index >= 15 is 0 Å². The van der Waals surface area contributed by atoms with Crippen LogP contribution in [-0.2, 0) is 0 Å². The summed E-state index contributed by atoms with van der Waals surface area (Å²) in [5.74, 6) is 0. The third kappa shape index (κ3) is 1.55. The Morgan fingerprint density at radius 3 is 2.85 bits per heavy atom. The molecule has 2 aromatic rings. The molecule has 3 nitrogen and oxygen atoms in total. The fourth-order valence-electron chi connectivity index (χ4n) is 1.13. The van der Waals surface area contributed by atoms with Gasteiger partial charge in [-0.15, -0.1) is 0 Å². The third-order valence-corrected chi connectivity index (χ3v) is 1.95. The highest BCUT2D eigenvalue weighted by molar-refractivity contribution is 6.29. The van der Waals surface area contributed by atoms with Crippen molar-refractivity contribution in [1.82, 2.24) is 14.8 Å². The molecule has 0 amide bonds. The first-order valence-electron chi connectivity index (χ1n) is 3.90. The molecule has 0 spiro atoms. The summed E-state index contributed by atoms with van der Waals surface area (Å²) in [4.78, 5) is 3.99. The number of halogens is 1. The average Bonchev–Trinajstić information content (AvgIpc) is 2.47. The molecule has 2 heterocycles. The third-order valence-electron chi connectivity index (χ3n) is 1.68. The minimum Gasteiger partial charge on any atom is -0.262 e. The number of aryl methyl sites for hydroxylation is 1. The molecule has 2 rings (SSSR count). The number of hydrogen-bond donors (Lipinski definition) is 0. The monoisotopic (exact) mass is 193 g/mol. The lowest BCUT2D eigenvalue weighted by atomic mass is 10.4. The maximum atomic E-state index is 5.95. The molecule has 0 aliphatic rings. The Morgan fingerprint density at radius 2 is 2.31 bits per heavy atom. The molecule has 0 fully saturated rings. The molecule has 0 aliphatic heterocycles. The maximum absolute atomic E-state index is 5.95. The molecule has 0 saturated carbocycles. The van der Waals surface area contributed by atoms with E-state index in [9.17, 15) is 0 Å². The fraction of sp³-hybridized carbons (Fsp3) is 0.111. The topological polar surface area (TPSA) is 30.7 Å². The van der Waals surface area contributed by atoms with Crippen molar-refractivity contribution in [2.75, 3.05) is 0 Å². The lowest BCUT2D eigenvalue weighted by molar-refractivity contribution is 0.857. The van der Waals surface area contributed by atoms with Gasteiger partial charge < -0.3 is 0 Å². The largest absolute Gasteiger partial charge is 0.262 e. The van der Waals surface area contributed by atoms with Crippen LogP contribution in [0.2, 0.25) is 5.15 Å². The van der Waals surface area contributed by atoms with Crippen LogP contribution < -0.4 is 0 Å². The van der Waals surface area contributed by atoms with Crippen LogP contribution in [0, 0.1) is 6.92 Å². The first-order valence-corrected chi connectivity index (χ1v) is 4.28. The molecule has 66 valence electrons. The zero-order valence-corrected chi connectivity index (χ0v) is 7.86. The van der Waals surface area contributed by atoms with Crippen LogP contribution in [0.5, 0.6) is 0 Å². The van der Waals surface area contributed by atoms with Crippen LogP contribution in [0.25, 0.3) is 5.69 Å². The molecule has 0 aliphatic carbocycles. The molecule has 0 atom stereocenters. The number of aromatic nitrogens is 3. The van der Waals surface area contributed by atoms with Gasteiger partial charge in [0.05, 0.1) is 17.6 Å². The van der Waals surface area contributed by atoms with Crippen molar-refractivity contribution in [2.45, 2.75) is 6.92 Å². The van der Waals surface area contributed by atoms with Gasteiger partial charge in [0, 0.05) is 6.20 Å². The maximum Gasteiger partial charge on any atom is 0.133 e. The highest BCUT2D eigenvalue weighted by Crippen LogP contribution is 2.15. The second-order valence-electron chi connectivity index (χ2n) is 2.73. The molecule has 2 aromatic heterocycles. The van der Waals surface area contributed by atoms with Crippen LogP contribution in [0.15, 0.2) is 30.6 Å². The van der Waals surface area contributed by atoms with Crippen LogP contribution >= 0.6 is 11.6 Å². The molecule has 0 saturated heterocycles. The second kappa shape index (κ2) is 3.18. The Bertz CT molecular complexity index is 408. The molecule has 0 N–H and O–H groups in total. The number of pyridine rings is 1. The highest BCUT2D eigenvalue weighted by Gasteiger charge is 2.03. The van der Waals surface area contributed by atoms with E-state index in [0.717, 1.165) is 11.4 Å². The minimum absolute atomic E-state index is 0.602. The zero-order valence-electron chi connectivity index (χ0n) is 7.11. The van der Waals surface area contributed by atoms with Gasteiger partial charge in [0.1, 0.15) is 5.15 Å². The Balaban J connectivity index is 2.53. The van der Waals surface area contributed by atoms with E-state index in [1.54, 1.807) is 17.1 Å². The Labute approximate surface area is 81.0 Å². The molecule has 0 aromatic carbocycles. The van der Waals surface area contributed by atoms with Crippen molar-refractivity contribution in [3.05, 3.63) is 41.4 Å². The summed E-state index contributed by atoms with van der Waals surface area (Å²) in [6, 6.07) is 5.57. The smallest absolute Gasteiger partial charge is 0.133 e. The van der Waals surface area contributed by atoms with E-state index in [1.165, 1.54) is 0 Å². The van der Waals surface area contributed by atoms with E-state index in [2.05, 4.69) is 10.1 Å². The van der Waals surface area contributed by atoms with E-state index in [1.807, 2.05) is 25.1 Å². The van der Waals surface area contributed by atoms with Crippen molar-refractivity contribution >= 4 is 11.6 Å². The molecule has 0 radical (unpaired) electrons. The molecular formula is C9H8ClN3. The zero-order chi connectivity index (χ0) is 9.26. The highest BCUT2D eigenvalue weighted by atomic mass is 35.5. The standard InChI is InChI=1S/C9H8ClN3/c1-7-5-9(10)13(12-7)8-3-2-4-11-6-8/h2-6H,1H3. The second-order valence-corrected chi connectivity index (χ2v) is 3.12. The van der Waals surface area contributed by atoms with Crippen molar-refractivity contribution in [2.24, 2.45) is 0 Å². The normalized spacial score (nSPS) is 10.3. The summed E-state index contributed by atoms with van der Waals surface area (Å²) in [6.07, 6.45) is 3.44. The van der Waals surface area contributed by atoms with Crippen molar-refractivity contribution in [3.8, 4) is 5.69 Å². The Hall–Kier alpha value is -1.35. The number of nitrogens with zero attached hydrogens (tertiary/aromatic N) is 3. The summed E-state index contributed by atoms with van der Waals surface area (Å²) in [7, 11) is 0. The van der Waals surface area contributed by atoms with Crippen molar-refractivity contribution in [1.29, 1.82) is 0 Å². The van der Waals surface area contributed by atoms with Crippen molar-refractivity contribution < 1.29 is 0 Å². The first kappa shape index (κ1) is 8.26. The Kier molecular flexibility index (Phi) is 2.02. The predicted molar refractivity (Wildman–Crippen MR) is 51.1 cm³/mol. The first-order chi connectivity index (χ1) is 6.27. The van der Waals surface area contributed by atoms with Crippen LogP contribution in [0.1, 0.15) is 5.69 Å². The van der Waals surface area contributed by atoms with Gasteiger partial charge in [0.15, 0.2) is 0 Å². The number of hydrogen-bond acceptors (Lipinski definition) is 2. The molecule has 0 unspecified atom stereocenters. The van der Waals surface area contributed by atoms with E-state index < -0.39 is 0 Å². The van der Waals surface area contributed by atoms with Gasteiger partial charge in [-0.25, -0.2) is 4.68 Å². The minimum atomic E-state index is 0.602. The molecule has 0 bridgehead atoms. The summed E-state index contributed by atoms with van der Waals surface area (Å²) in [6.45, 7) is 1.90. The average molecular weight is 194 g/mol. The van der Waals surface area contributed by atoms with Gasteiger partial charge >= 0.3 is 0 Å². The summed E-state index contributed by atoms with van der Waals surface area (Å²) in [5, 5.41) is 4.83. The number of rotatable bonds is 1. The SMILES string of the molecule is Cc1cc(Cl)n(-c2cccnc2)n1. The van der Waals surface area contributed by atoms with E-state index in [-0.39, 0.29) is 0 Å². The van der Waals surface area contributed by atoms with Gasteiger partial charge in [-0.1, -0.05) is 11.6 Å². The quantitative estimate of drug-likeness (QED) is 0.696. The fourth-order valence-corrected chi connectivity index (χ4v) is 1.42. The van der Waals surface area contributed by atoms with Crippen LogP contribution in [-0.4, -0.2) is 14.8 Å². The lowest BCUT2D eigenvalue weighted by Crippen LogP contribution is -1.96. The molecule has 13 heavy (non-hydrogen) atoms. The summed E-state index contributed by atoms with van der Waals surface area (Å²) >= 11 is 5.95. The van der Waals surface area contributed by atoms with Crippen molar-refractivity contribution in [3.63, 3.8) is 0 Å². The molecular weight excluding hydrogens is 186 g/mol. The summed E-state index contributed by atoms with van der Waals surface area (Å²) in [5.41, 5.74) is 1.77. The molecule has 4 heteroatoms. The lowest BCUT2D eigenvalue weighted by Gasteiger charge is -2.00. The van der Waals surface area contributed by atoms with Crippen LogP contribution in [0.4, 0.5) is 0 Å². The summed E-state index contributed by atoms with van der Waals surface area (Å²) < 4.78 is 1.66. The van der Waals surface area contributed by atoms with Crippen LogP contribution in [0.3, 0.4) is 0 Å². The van der Waals surface area contributed by atoms with Gasteiger partial charge in [-0.3, -0.25) is 4.98 Å². The van der Waals surface area contributed by atoms with Gasteiger partial charge in [-0.05, 0) is 25.1 Å².